The molecule has 26 heavy (non-hydrogen) atoms. The van der Waals surface area contributed by atoms with Crippen LogP contribution in [-0.4, -0.2) is 34.5 Å². The SMILES string of the molecule is CC(=O)c1ccc2c(c1O)[C@@H](c1ccccc1OCC(=O)O)CC(=O)O2. The number of carbonyl (C=O) groups excluding carboxylic acids is 2. The molecule has 2 aromatic carbocycles. The number of fused-ring (bicyclic) bond motifs is 1. The van der Waals surface area contributed by atoms with E-state index in [9.17, 15) is 19.5 Å². The highest BCUT2D eigenvalue weighted by atomic mass is 16.5. The minimum absolute atomic E-state index is 0.0740. The van der Waals surface area contributed by atoms with Gasteiger partial charge in [0.1, 0.15) is 17.2 Å². The molecule has 2 aromatic rings. The fraction of sp³-hybridized carbons (Fsp3) is 0.211. The van der Waals surface area contributed by atoms with Crippen molar-refractivity contribution in [2.75, 3.05) is 6.61 Å². The number of esters is 1. The summed E-state index contributed by atoms with van der Waals surface area (Å²) in [5.41, 5.74) is 0.960. The molecule has 0 spiro atoms. The van der Waals surface area contributed by atoms with Crippen LogP contribution in [-0.2, 0) is 9.59 Å². The lowest BCUT2D eigenvalue weighted by Gasteiger charge is -2.27. The highest BCUT2D eigenvalue weighted by molar-refractivity contribution is 5.98. The van der Waals surface area contributed by atoms with Crippen LogP contribution in [0.2, 0.25) is 0 Å². The first kappa shape index (κ1) is 17.5. The number of rotatable bonds is 5. The largest absolute Gasteiger partial charge is 0.507 e. The molecular weight excluding hydrogens is 340 g/mol. The van der Waals surface area contributed by atoms with Gasteiger partial charge in [0.15, 0.2) is 12.4 Å². The van der Waals surface area contributed by atoms with E-state index in [0.29, 0.717) is 11.1 Å². The fourth-order valence-electron chi connectivity index (χ4n) is 3.04. The van der Waals surface area contributed by atoms with E-state index in [-0.39, 0.29) is 35.0 Å². The molecule has 0 saturated heterocycles. The third-order valence-electron chi connectivity index (χ3n) is 4.14. The lowest BCUT2D eigenvalue weighted by molar-refractivity contribution is -0.139. The van der Waals surface area contributed by atoms with Crippen molar-refractivity contribution in [3.63, 3.8) is 0 Å². The average molecular weight is 356 g/mol. The van der Waals surface area contributed by atoms with Crippen LogP contribution in [0.1, 0.15) is 40.7 Å². The zero-order valence-electron chi connectivity index (χ0n) is 13.9. The summed E-state index contributed by atoms with van der Waals surface area (Å²) in [6.07, 6.45) is -0.0740. The van der Waals surface area contributed by atoms with E-state index in [0.717, 1.165) is 0 Å². The van der Waals surface area contributed by atoms with Gasteiger partial charge in [-0.15, -0.1) is 0 Å². The Morgan fingerprint density at radius 3 is 2.65 bits per heavy atom. The number of hydrogen-bond acceptors (Lipinski definition) is 6. The number of ether oxygens (including phenoxy) is 2. The Labute approximate surface area is 148 Å². The Bertz CT molecular complexity index is 901. The van der Waals surface area contributed by atoms with Crippen molar-refractivity contribution in [2.24, 2.45) is 0 Å². The summed E-state index contributed by atoms with van der Waals surface area (Å²) in [4.78, 5) is 34.6. The van der Waals surface area contributed by atoms with Crippen LogP contribution in [0.25, 0.3) is 0 Å². The fourth-order valence-corrected chi connectivity index (χ4v) is 3.04. The summed E-state index contributed by atoms with van der Waals surface area (Å²) in [7, 11) is 0. The zero-order valence-corrected chi connectivity index (χ0v) is 13.9. The molecule has 0 unspecified atom stereocenters. The smallest absolute Gasteiger partial charge is 0.341 e. The molecule has 0 amide bonds. The van der Waals surface area contributed by atoms with Crippen molar-refractivity contribution in [1.29, 1.82) is 0 Å². The van der Waals surface area contributed by atoms with Gasteiger partial charge in [0, 0.05) is 17.0 Å². The molecule has 0 saturated carbocycles. The Hall–Kier alpha value is -3.35. The number of carboxylic acid groups (broad SMARTS) is 1. The quantitative estimate of drug-likeness (QED) is 0.481. The highest BCUT2D eigenvalue weighted by Gasteiger charge is 2.34. The maximum absolute atomic E-state index is 12.0. The molecular formula is C19H16O7. The van der Waals surface area contributed by atoms with E-state index in [1.807, 2.05) is 0 Å². The van der Waals surface area contributed by atoms with Crippen LogP contribution in [0.3, 0.4) is 0 Å². The molecule has 7 nitrogen and oxygen atoms in total. The van der Waals surface area contributed by atoms with E-state index < -0.39 is 24.5 Å². The van der Waals surface area contributed by atoms with Gasteiger partial charge in [0.25, 0.3) is 0 Å². The van der Waals surface area contributed by atoms with Crippen molar-refractivity contribution in [3.8, 4) is 17.2 Å². The molecule has 3 rings (SSSR count). The summed E-state index contributed by atoms with van der Waals surface area (Å²) in [6.45, 7) is 0.787. The van der Waals surface area contributed by atoms with Crippen LogP contribution in [0.5, 0.6) is 17.2 Å². The third kappa shape index (κ3) is 3.23. The van der Waals surface area contributed by atoms with Crippen LogP contribution in [0, 0.1) is 0 Å². The number of ketones is 1. The molecule has 2 N–H and O–H groups in total. The Kier molecular flexibility index (Phi) is 4.62. The number of carboxylic acids is 1. The molecule has 1 atom stereocenters. The molecule has 1 heterocycles. The number of carbonyl (C=O) groups is 3. The summed E-state index contributed by atoms with van der Waals surface area (Å²) < 4.78 is 10.5. The number of aromatic hydroxyl groups is 1. The first-order chi connectivity index (χ1) is 12.4. The second-order valence-corrected chi connectivity index (χ2v) is 5.88. The van der Waals surface area contributed by atoms with Crippen molar-refractivity contribution >= 4 is 17.7 Å². The number of aliphatic carboxylic acids is 1. The summed E-state index contributed by atoms with van der Waals surface area (Å²) in [6, 6.07) is 9.53. The van der Waals surface area contributed by atoms with Gasteiger partial charge in [-0.25, -0.2) is 4.79 Å². The van der Waals surface area contributed by atoms with Crippen molar-refractivity contribution in [1.82, 2.24) is 0 Å². The lowest BCUT2D eigenvalue weighted by Crippen LogP contribution is -2.22. The second-order valence-electron chi connectivity index (χ2n) is 5.88. The van der Waals surface area contributed by atoms with Crippen molar-refractivity contribution < 1.29 is 34.1 Å². The second kappa shape index (κ2) is 6.87. The van der Waals surface area contributed by atoms with Gasteiger partial charge in [0.2, 0.25) is 0 Å². The van der Waals surface area contributed by atoms with Gasteiger partial charge in [-0.1, -0.05) is 18.2 Å². The third-order valence-corrected chi connectivity index (χ3v) is 4.14. The first-order valence-corrected chi connectivity index (χ1v) is 7.89. The normalized spacial score (nSPS) is 15.7. The molecule has 1 aliphatic rings. The van der Waals surface area contributed by atoms with Crippen LogP contribution in [0.4, 0.5) is 0 Å². The van der Waals surface area contributed by atoms with Crippen LogP contribution in [0.15, 0.2) is 36.4 Å². The molecule has 0 aromatic heterocycles. The highest BCUT2D eigenvalue weighted by Crippen LogP contribution is 2.47. The first-order valence-electron chi connectivity index (χ1n) is 7.89. The van der Waals surface area contributed by atoms with Crippen LogP contribution >= 0.6 is 0 Å². The molecule has 7 heteroatoms. The number of Topliss-reactive ketones (excluding diaryl/α,β-unsaturated/α-hetero) is 1. The van der Waals surface area contributed by atoms with Gasteiger partial charge in [0.05, 0.1) is 12.0 Å². The predicted molar refractivity (Wildman–Crippen MR) is 89.8 cm³/mol. The average Bonchev–Trinajstić information content (AvgIpc) is 2.59. The van der Waals surface area contributed by atoms with E-state index in [1.165, 1.54) is 19.1 Å². The number of para-hydroxylation sites is 1. The maximum atomic E-state index is 12.0. The summed E-state index contributed by atoms with van der Waals surface area (Å²) in [5, 5.41) is 19.4. The van der Waals surface area contributed by atoms with Gasteiger partial charge in [-0.2, -0.15) is 0 Å². The molecule has 134 valence electrons. The van der Waals surface area contributed by atoms with Gasteiger partial charge < -0.3 is 19.7 Å². The number of phenolic OH excluding ortho intramolecular Hbond substituents is 1. The molecule has 1 aliphatic heterocycles. The summed E-state index contributed by atoms with van der Waals surface area (Å²) >= 11 is 0. The van der Waals surface area contributed by atoms with E-state index in [4.69, 9.17) is 14.6 Å². The van der Waals surface area contributed by atoms with Crippen molar-refractivity contribution in [3.05, 3.63) is 53.1 Å². The summed E-state index contributed by atoms with van der Waals surface area (Å²) in [5.74, 6) is -2.38. The number of hydrogen-bond donors (Lipinski definition) is 2. The van der Waals surface area contributed by atoms with Gasteiger partial charge in [-0.05, 0) is 25.1 Å². The molecule has 0 fully saturated rings. The van der Waals surface area contributed by atoms with E-state index in [2.05, 4.69) is 0 Å². The van der Waals surface area contributed by atoms with Gasteiger partial charge >= 0.3 is 11.9 Å². The van der Waals surface area contributed by atoms with E-state index in [1.54, 1.807) is 24.3 Å². The molecule has 0 radical (unpaired) electrons. The topological polar surface area (TPSA) is 110 Å². The Morgan fingerprint density at radius 2 is 1.96 bits per heavy atom. The standard InChI is InChI=1S/C19H16O7/c1-10(20)11-6-7-15-18(19(11)24)13(8-17(23)26-15)12-4-2-3-5-14(12)25-9-16(21)22/h2-7,13,24H,8-9H2,1H3,(H,21,22)/t13-/m1/s1. The number of phenols is 1. The van der Waals surface area contributed by atoms with Crippen LogP contribution < -0.4 is 9.47 Å². The van der Waals surface area contributed by atoms with Crippen molar-refractivity contribution in [2.45, 2.75) is 19.3 Å². The molecule has 0 bridgehead atoms. The monoisotopic (exact) mass is 356 g/mol. The molecule has 0 aliphatic carbocycles. The Balaban J connectivity index is 2.13. The zero-order chi connectivity index (χ0) is 18.8. The minimum Gasteiger partial charge on any atom is -0.507 e. The van der Waals surface area contributed by atoms with Gasteiger partial charge in [-0.3, -0.25) is 9.59 Å². The maximum Gasteiger partial charge on any atom is 0.341 e. The van der Waals surface area contributed by atoms with E-state index >= 15 is 0 Å². The lowest BCUT2D eigenvalue weighted by atomic mass is 9.84. The Morgan fingerprint density at radius 1 is 1.23 bits per heavy atom. The minimum atomic E-state index is -1.13. The number of benzene rings is 2. The predicted octanol–water partition coefficient (Wildman–Crippen LogP) is 2.50.